The van der Waals surface area contributed by atoms with Gasteiger partial charge in [0.2, 0.25) is 15.9 Å². The largest absolute Gasteiger partial charge is 0.495 e. The SMILES string of the molecule is COc1ccc(C)cc1S(=O)(=O)NCCN(Cc1cccnc1)C(C)=O. The summed E-state index contributed by atoms with van der Waals surface area (Å²) in [6.07, 6.45) is 3.34. The highest BCUT2D eigenvalue weighted by Crippen LogP contribution is 2.24. The Labute approximate surface area is 154 Å². The van der Waals surface area contributed by atoms with Crippen molar-refractivity contribution < 1.29 is 17.9 Å². The molecule has 0 saturated carbocycles. The van der Waals surface area contributed by atoms with E-state index in [1.807, 2.05) is 13.0 Å². The average Bonchev–Trinajstić information content (AvgIpc) is 2.61. The number of rotatable bonds is 8. The molecule has 0 unspecified atom stereocenters. The van der Waals surface area contributed by atoms with E-state index in [2.05, 4.69) is 9.71 Å². The number of nitrogens with one attached hydrogen (secondary N) is 1. The van der Waals surface area contributed by atoms with Gasteiger partial charge in [-0.1, -0.05) is 12.1 Å². The highest BCUT2D eigenvalue weighted by atomic mass is 32.2. The molecule has 1 amide bonds. The Morgan fingerprint density at radius 1 is 1.31 bits per heavy atom. The lowest BCUT2D eigenvalue weighted by Crippen LogP contribution is -2.37. The molecule has 7 nitrogen and oxygen atoms in total. The third-order valence-electron chi connectivity index (χ3n) is 3.82. The summed E-state index contributed by atoms with van der Waals surface area (Å²) in [6.45, 7) is 3.98. The second kappa shape index (κ2) is 8.77. The highest BCUT2D eigenvalue weighted by molar-refractivity contribution is 7.89. The van der Waals surface area contributed by atoms with Crippen LogP contribution in [0.5, 0.6) is 5.75 Å². The summed E-state index contributed by atoms with van der Waals surface area (Å²) in [5.41, 5.74) is 1.69. The zero-order valence-corrected chi connectivity index (χ0v) is 15.9. The number of sulfonamides is 1. The lowest BCUT2D eigenvalue weighted by Gasteiger charge is -2.21. The first-order chi connectivity index (χ1) is 12.3. The molecule has 26 heavy (non-hydrogen) atoms. The molecule has 0 radical (unpaired) electrons. The van der Waals surface area contributed by atoms with Crippen molar-refractivity contribution in [1.82, 2.24) is 14.6 Å². The summed E-state index contributed by atoms with van der Waals surface area (Å²) in [5, 5.41) is 0. The van der Waals surface area contributed by atoms with Crippen LogP contribution in [0.3, 0.4) is 0 Å². The summed E-state index contributed by atoms with van der Waals surface area (Å²) in [6, 6.07) is 8.61. The van der Waals surface area contributed by atoms with Crippen molar-refractivity contribution in [2.45, 2.75) is 25.3 Å². The number of ether oxygens (including phenoxy) is 1. The maximum absolute atomic E-state index is 12.6. The fourth-order valence-corrected chi connectivity index (χ4v) is 3.72. The average molecular weight is 377 g/mol. The molecule has 1 heterocycles. The highest BCUT2D eigenvalue weighted by Gasteiger charge is 2.20. The van der Waals surface area contributed by atoms with Crippen LogP contribution in [0.15, 0.2) is 47.6 Å². The lowest BCUT2D eigenvalue weighted by molar-refractivity contribution is -0.129. The summed E-state index contributed by atoms with van der Waals surface area (Å²) in [4.78, 5) is 17.5. The number of aromatic nitrogens is 1. The molecule has 0 saturated heterocycles. The molecule has 2 rings (SSSR count). The molecule has 140 valence electrons. The molecule has 0 bridgehead atoms. The van der Waals surface area contributed by atoms with Crippen LogP contribution in [0, 0.1) is 6.92 Å². The van der Waals surface area contributed by atoms with E-state index >= 15 is 0 Å². The quantitative estimate of drug-likeness (QED) is 0.757. The summed E-state index contributed by atoms with van der Waals surface area (Å²) >= 11 is 0. The van der Waals surface area contributed by atoms with E-state index in [1.165, 1.54) is 14.0 Å². The number of amides is 1. The number of hydrogen-bond donors (Lipinski definition) is 1. The predicted molar refractivity (Wildman–Crippen MR) is 98.2 cm³/mol. The molecule has 0 aliphatic carbocycles. The molecular weight excluding hydrogens is 354 g/mol. The number of nitrogens with zero attached hydrogens (tertiary/aromatic N) is 2. The fourth-order valence-electron chi connectivity index (χ4n) is 2.45. The minimum Gasteiger partial charge on any atom is -0.495 e. The molecule has 0 atom stereocenters. The van der Waals surface area contributed by atoms with E-state index in [9.17, 15) is 13.2 Å². The fraction of sp³-hybridized carbons (Fsp3) is 0.333. The normalized spacial score (nSPS) is 11.2. The van der Waals surface area contributed by atoms with Crippen LogP contribution in [-0.2, 0) is 21.4 Å². The van der Waals surface area contributed by atoms with Gasteiger partial charge in [-0.3, -0.25) is 9.78 Å². The van der Waals surface area contributed by atoms with Gasteiger partial charge in [0.05, 0.1) is 7.11 Å². The van der Waals surface area contributed by atoms with Crippen LogP contribution >= 0.6 is 0 Å². The monoisotopic (exact) mass is 377 g/mol. The minimum absolute atomic E-state index is 0.0848. The molecule has 1 N–H and O–H groups in total. The Balaban J connectivity index is 2.04. The van der Waals surface area contributed by atoms with Gasteiger partial charge in [-0.05, 0) is 36.2 Å². The van der Waals surface area contributed by atoms with Crippen molar-refractivity contribution in [3.63, 3.8) is 0 Å². The number of benzene rings is 1. The molecule has 0 aliphatic heterocycles. The number of aryl methyl sites for hydroxylation is 1. The van der Waals surface area contributed by atoms with Crippen molar-refractivity contribution in [1.29, 1.82) is 0 Å². The van der Waals surface area contributed by atoms with Crippen LogP contribution in [0.4, 0.5) is 0 Å². The van der Waals surface area contributed by atoms with Crippen molar-refractivity contribution in [2.75, 3.05) is 20.2 Å². The van der Waals surface area contributed by atoms with Crippen LogP contribution in [0.1, 0.15) is 18.1 Å². The van der Waals surface area contributed by atoms with Gasteiger partial charge in [-0.2, -0.15) is 0 Å². The van der Waals surface area contributed by atoms with Gasteiger partial charge in [0.1, 0.15) is 10.6 Å². The molecule has 2 aromatic rings. The maximum Gasteiger partial charge on any atom is 0.244 e. The zero-order valence-electron chi connectivity index (χ0n) is 15.1. The predicted octanol–water partition coefficient (Wildman–Crippen LogP) is 1.73. The van der Waals surface area contributed by atoms with Gasteiger partial charge < -0.3 is 9.64 Å². The van der Waals surface area contributed by atoms with Gasteiger partial charge >= 0.3 is 0 Å². The Morgan fingerprint density at radius 3 is 2.69 bits per heavy atom. The first-order valence-electron chi connectivity index (χ1n) is 8.12. The Hall–Kier alpha value is -2.45. The van der Waals surface area contributed by atoms with Gasteiger partial charge in [-0.25, -0.2) is 13.1 Å². The van der Waals surface area contributed by atoms with Crippen LogP contribution in [0.25, 0.3) is 0 Å². The van der Waals surface area contributed by atoms with Crippen molar-refractivity contribution in [3.05, 3.63) is 53.9 Å². The molecule has 8 heteroatoms. The Morgan fingerprint density at radius 2 is 2.08 bits per heavy atom. The van der Waals surface area contributed by atoms with E-state index in [0.717, 1.165) is 11.1 Å². The smallest absolute Gasteiger partial charge is 0.244 e. The van der Waals surface area contributed by atoms with E-state index in [1.54, 1.807) is 41.6 Å². The number of hydrogen-bond acceptors (Lipinski definition) is 5. The Kier molecular flexibility index (Phi) is 6.70. The number of pyridine rings is 1. The van der Waals surface area contributed by atoms with Crippen LogP contribution < -0.4 is 9.46 Å². The first-order valence-corrected chi connectivity index (χ1v) is 9.60. The molecule has 0 aliphatic rings. The molecule has 1 aromatic carbocycles. The molecule has 0 spiro atoms. The minimum atomic E-state index is -3.75. The lowest BCUT2D eigenvalue weighted by atomic mass is 10.2. The van der Waals surface area contributed by atoms with Crippen molar-refractivity contribution in [3.8, 4) is 5.75 Å². The van der Waals surface area contributed by atoms with Gasteiger partial charge in [0, 0.05) is 39.0 Å². The van der Waals surface area contributed by atoms with Crippen LogP contribution in [-0.4, -0.2) is 44.4 Å². The maximum atomic E-state index is 12.6. The number of carbonyl (C=O) groups is 1. The Bertz CT molecular complexity index is 854. The summed E-state index contributed by atoms with van der Waals surface area (Å²) in [7, 11) is -2.32. The number of methoxy groups -OCH3 is 1. The second-order valence-corrected chi connectivity index (χ2v) is 7.59. The topological polar surface area (TPSA) is 88.6 Å². The second-order valence-electron chi connectivity index (χ2n) is 5.85. The molecular formula is C18H23N3O4S. The van der Waals surface area contributed by atoms with E-state index in [-0.39, 0.29) is 29.6 Å². The van der Waals surface area contributed by atoms with Crippen LogP contribution in [0.2, 0.25) is 0 Å². The van der Waals surface area contributed by atoms with E-state index in [4.69, 9.17) is 4.74 Å². The zero-order chi connectivity index (χ0) is 19.2. The summed E-state index contributed by atoms with van der Waals surface area (Å²) in [5.74, 6) is 0.142. The standard InChI is InChI=1S/C18H23N3O4S/c1-14-6-7-17(25-3)18(11-14)26(23,24)20-9-10-21(15(2)22)13-16-5-4-8-19-12-16/h4-8,11-12,20H,9-10,13H2,1-3H3. The van der Waals surface area contributed by atoms with Crippen molar-refractivity contribution in [2.24, 2.45) is 0 Å². The van der Waals surface area contributed by atoms with Crippen molar-refractivity contribution >= 4 is 15.9 Å². The molecule has 1 aromatic heterocycles. The van der Waals surface area contributed by atoms with Gasteiger partial charge in [0.25, 0.3) is 0 Å². The van der Waals surface area contributed by atoms with Gasteiger partial charge in [-0.15, -0.1) is 0 Å². The third-order valence-corrected chi connectivity index (χ3v) is 5.31. The van der Waals surface area contributed by atoms with Gasteiger partial charge in [0.15, 0.2) is 0 Å². The third kappa shape index (κ3) is 5.27. The number of carbonyl (C=O) groups excluding carboxylic acids is 1. The van der Waals surface area contributed by atoms with E-state index in [0.29, 0.717) is 6.54 Å². The first kappa shape index (κ1) is 19.9. The molecule has 0 fully saturated rings. The summed E-state index contributed by atoms with van der Waals surface area (Å²) < 4.78 is 32.8. The van der Waals surface area contributed by atoms with E-state index < -0.39 is 10.0 Å².